The van der Waals surface area contributed by atoms with Gasteiger partial charge in [-0.15, -0.1) is 10.2 Å². The summed E-state index contributed by atoms with van der Waals surface area (Å²) in [6.07, 6.45) is -0.648. The van der Waals surface area contributed by atoms with Crippen molar-refractivity contribution in [2.75, 3.05) is 0 Å². The smallest absolute Gasteiger partial charge is 0.212 e. The molecule has 0 radical (unpaired) electrons. The lowest BCUT2D eigenvalue weighted by molar-refractivity contribution is 0.189. The van der Waals surface area contributed by atoms with E-state index >= 15 is 0 Å². The van der Waals surface area contributed by atoms with Gasteiger partial charge in [0.1, 0.15) is 0 Å². The lowest BCUT2D eigenvalue weighted by atomic mass is 10.0. The van der Waals surface area contributed by atoms with Crippen molar-refractivity contribution in [2.45, 2.75) is 30.4 Å². The topological polar surface area (TPSA) is 63.3 Å². The summed E-state index contributed by atoms with van der Waals surface area (Å²) in [7, 11) is 0. The van der Waals surface area contributed by atoms with Gasteiger partial charge in [0.2, 0.25) is 5.16 Å². The van der Waals surface area contributed by atoms with Crippen LogP contribution in [0.4, 0.5) is 0 Å². The Morgan fingerprint density at radius 1 is 1.30 bits per heavy atom. The molecule has 0 amide bonds. The van der Waals surface area contributed by atoms with E-state index in [2.05, 4.69) is 31.2 Å². The van der Waals surface area contributed by atoms with E-state index in [0.29, 0.717) is 5.16 Å². The summed E-state index contributed by atoms with van der Waals surface area (Å²) in [5.41, 5.74) is 1.71. The Morgan fingerprint density at radius 3 is 2.80 bits per heavy atom. The highest BCUT2D eigenvalue weighted by Crippen LogP contribution is 2.37. The van der Waals surface area contributed by atoms with E-state index in [1.807, 2.05) is 38.1 Å². The van der Waals surface area contributed by atoms with Gasteiger partial charge in [-0.2, -0.15) is 9.78 Å². The minimum atomic E-state index is -0.648. The van der Waals surface area contributed by atoms with Crippen molar-refractivity contribution in [3.8, 4) is 0 Å². The number of nitrogens with zero attached hydrogens (tertiary/aromatic N) is 4. The maximum atomic E-state index is 10.6. The van der Waals surface area contributed by atoms with Gasteiger partial charge in [0.25, 0.3) is 0 Å². The number of benzene rings is 1. The second-order valence-electron chi connectivity index (χ2n) is 4.59. The number of aliphatic hydroxyl groups is 1. The SMILES string of the molecule is CC1=Nn2c(C)nnc2S[C@@H]1[C@H](O)c1ccccc1Br. The predicted molar refractivity (Wildman–Crippen MR) is 82.0 cm³/mol. The molecule has 1 aromatic carbocycles. The number of hydrogen-bond acceptors (Lipinski definition) is 5. The van der Waals surface area contributed by atoms with Crippen LogP contribution in [0.1, 0.15) is 24.4 Å². The molecule has 20 heavy (non-hydrogen) atoms. The van der Waals surface area contributed by atoms with Crippen LogP contribution in [0.15, 0.2) is 39.0 Å². The van der Waals surface area contributed by atoms with E-state index < -0.39 is 6.10 Å². The third-order valence-corrected chi connectivity index (χ3v) is 5.22. The fourth-order valence-corrected chi connectivity index (χ4v) is 3.71. The summed E-state index contributed by atoms with van der Waals surface area (Å²) in [5, 5.41) is 23.8. The van der Waals surface area contributed by atoms with Crippen LogP contribution in [0.25, 0.3) is 0 Å². The summed E-state index contributed by atoms with van der Waals surface area (Å²) in [6, 6.07) is 7.67. The first-order chi connectivity index (χ1) is 9.58. The van der Waals surface area contributed by atoms with Crippen LogP contribution in [0.3, 0.4) is 0 Å². The normalized spacial score (nSPS) is 19.4. The zero-order chi connectivity index (χ0) is 14.3. The van der Waals surface area contributed by atoms with Crippen LogP contribution in [0.2, 0.25) is 0 Å². The summed E-state index contributed by atoms with van der Waals surface area (Å²) < 4.78 is 2.60. The van der Waals surface area contributed by atoms with Crippen molar-refractivity contribution < 1.29 is 5.11 Å². The van der Waals surface area contributed by atoms with Crippen LogP contribution in [-0.4, -0.2) is 30.9 Å². The third kappa shape index (κ3) is 2.30. The first-order valence-corrected chi connectivity index (χ1v) is 7.82. The predicted octanol–water partition coefficient (Wildman–Crippen LogP) is 2.78. The van der Waals surface area contributed by atoms with Crippen molar-refractivity contribution in [3.05, 3.63) is 40.1 Å². The number of halogens is 1. The van der Waals surface area contributed by atoms with Crippen LogP contribution < -0.4 is 0 Å². The molecule has 0 spiro atoms. The van der Waals surface area contributed by atoms with Gasteiger partial charge in [0.05, 0.1) is 17.1 Å². The molecule has 2 heterocycles. The Bertz CT molecular complexity index is 685. The molecule has 104 valence electrons. The molecule has 7 heteroatoms. The maximum Gasteiger partial charge on any atom is 0.212 e. The van der Waals surface area contributed by atoms with E-state index in [4.69, 9.17) is 0 Å². The average Bonchev–Trinajstić information content (AvgIpc) is 2.79. The first kappa shape index (κ1) is 13.8. The molecule has 1 aliphatic rings. The lowest BCUT2D eigenvalue weighted by Gasteiger charge is -2.25. The third-order valence-electron chi connectivity index (χ3n) is 3.18. The number of rotatable bonds is 2. The van der Waals surface area contributed by atoms with Gasteiger partial charge < -0.3 is 5.11 Å². The summed E-state index contributed by atoms with van der Waals surface area (Å²) in [6.45, 7) is 3.78. The highest BCUT2D eigenvalue weighted by molar-refractivity contribution is 9.10. The maximum absolute atomic E-state index is 10.6. The van der Waals surface area contributed by atoms with Gasteiger partial charge in [-0.3, -0.25) is 0 Å². The summed E-state index contributed by atoms with van der Waals surface area (Å²) in [4.78, 5) is 0. The Hall–Kier alpha value is -1.18. The summed E-state index contributed by atoms with van der Waals surface area (Å²) in [5.74, 6) is 0.751. The largest absolute Gasteiger partial charge is 0.387 e. The van der Waals surface area contributed by atoms with Gasteiger partial charge in [-0.25, -0.2) is 0 Å². The number of aromatic nitrogens is 3. The van der Waals surface area contributed by atoms with Gasteiger partial charge >= 0.3 is 0 Å². The van der Waals surface area contributed by atoms with Crippen molar-refractivity contribution >= 4 is 33.4 Å². The zero-order valence-electron chi connectivity index (χ0n) is 11.0. The second kappa shape index (κ2) is 5.31. The standard InChI is InChI=1S/C13H13BrN4OS/c1-7-12(11(19)9-5-3-4-6-10(9)14)20-13-16-15-8(2)18(13)17-7/h3-6,11-12,19H,1-2H3/t11-,12+/m1/s1. The molecular formula is C13H13BrN4OS. The second-order valence-corrected chi connectivity index (χ2v) is 6.55. The van der Waals surface area contributed by atoms with Gasteiger partial charge in [-0.1, -0.05) is 45.9 Å². The summed E-state index contributed by atoms with van der Waals surface area (Å²) >= 11 is 4.96. The van der Waals surface area contributed by atoms with Crippen LogP contribution >= 0.6 is 27.7 Å². The van der Waals surface area contributed by atoms with Gasteiger partial charge in [0.15, 0.2) is 5.82 Å². The van der Waals surface area contributed by atoms with Gasteiger partial charge in [-0.05, 0) is 25.5 Å². The minimum absolute atomic E-state index is 0.162. The first-order valence-electron chi connectivity index (χ1n) is 6.14. The molecule has 0 bridgehead atoms. The number of hydrogen-bond donors (Lipinski definition) is 1. The monoisotopic (exact) mass is 352 g/mol. The number of thioether (sulfide) groups is 1. The molecular weight excluding hydrogens is 340 g/mol. The van der Waals surface area contributed by atoms with E-state index in [-0.39, 0.29) is 5.25 Å². The Morgan fingerprint density at radius 2 is 2.05 bits per heavy atom. The Labute approximate surface area is 129 Å². The van der Waals surface area contributed by atoms with E-state index in [1.165, 1.54) is 11.8 Å². The molecule has 0 aliphatic carbocycles. The fraction of sp³-hybridized carbons (Fsp3) is 0.308. The number of aliphatic hydroxyl groups excluding tert-OH is 1. The minimum Gasteiger partial charge on any atom is -0.387 e. The van der Waals surface area contributed by atoms with Crippen molar-refractivity contribution in [1.82, 2.24) is 14.9 Å². The fourth-order valence-electron chi connectivity index (χ4n) is 2.11. The molecule has 0 unspecified atom stereocenters. The molecule has 2 aromatic rings. The Kier molecular flexibility index (Phi) is 3.66. The zero-order valence-corrected chi connectivity index (χ0v) is 13.4. The molecule has 5 nitrogen and oxygen atoms in total. The number of aryl methyl sites for hydroxylation is 1. The van der Waals surface area contributed by atoms with Crippen molar-refractivity contribution in [1.29, 1.82) is 0 Å². The van der Waals surface area contributed by atoms with Crippen LogP contribution in [-0.2, 0) is 0 Å². The Balaban J connectivity index is 1.95. The highest BCUT2D eigenvalue weighted by atomic mass is 79.9. The molecule has 1 N–H and O–H groups in total. The molecule has 3 rings (SSSR count). The molecule has 0 saturated heterocycles. The molecule has 2 atom stereocenters. The molecule has 1 aliphatic heterocycles. The average molecular weight is 353 g/mol. The van der Waals surface area contributed by atoms with E-state index in [0.717, 1.165) is 21.6 Å². The van der Waals surface area contributed by atoms with Crippen LogP contribution in [0.5, 0.6) is 0 Å². The van der Waals surface area contributed by atoms with Crippen molar-refractivity contribution in [2.24, 2.45) is 5.10 Å². The van der Waals surface area contributed by atoms with Gasteiger partial charge in [0, 0.05) is 4.47 Å². The molecule has 1 aromatic heterocycles. The van der Waals surface area contributed by atoms with Crippen molar-refractivity contribution in [3.63, 3.8) is 0 Å². The quantitative estimate of drug-likeness (QED) is 0.902. The van der Waals surface area contributed by atoms with E-state index in [1.54, 1.807) is 4.68 Å². The molecule has 0 saturated carbocycles. The number of fused-ring (bicyclic) bond motifs is 1. The lowest BCUT2D eigenvalue weighted by Crippen LogP contribution is -2.27. The van der Waals surface area contributed by atoms with Crippen LogP contribution in [0, 0.1) is 6.92 Å². The highest BCUT2D eigenvalue weighted by Gasteiger charge is 2.31. The molecule has 0 fully saturated rings. The van der Waals surface area contributed by atoms with E-state index in [9.17, 15) is 5.11 Å².